The second-order valence-electron chi connectivity index (χ2n) is 6.19. The standard InChI is InChI=1S/C21H21ClN2O4S/c1-4-16(20(26)27-3)24-17-10-9-15(28-5-2)12-18(17)29-21(24)23-19(25)13-7-6-8-14(22)11-13/h6-12,16H,4-5H2,1-3H3. The molecule has 1 unspecified atom stereocenters. The molecule has 0 aliphatic carbocycles. The topological polar surface area (TPSA) is 69.9 Å². The van der Waals surface area contributed by atoms with Gasteiger partial charge in [0.15, 0.2) is 4.80 Å². The van der Waals surface area contributed by atoms with Crippen LogP contribution in [-0.2, 0) is 9.53 Å². The van der Waals surface area contributed by atoms with Crippen molar-refractivity contribution in [3.8, 4) is 5.75 Å². The number of carbonyl (C=O) groups is 2. The third-order valence-electron chi connectivity index (χ3n) is 4.35. The Hall–Kier alpha value is -2.64. The average molecular weight is 433 g/mol. The van der Waals surface area contributed by atoms with Gasteiger partial charge in [-0.3, -0.25) is 4.79 Å². The summed E-state index contributed by atoms with van der Waals surface area (Å²) in [6, 6.07) is 11.6. The molecule has 3 aromatic rings. The molecular weight excluding hydrogens is 412 g/mol. The first-order valence-corrected chi connectivity index (χ1v) is 10.4. The van der Waals surface area contributed by atoms with Gasteiger partial charge in [-0.1, -0.05) is 35.9 Å². The first-order valence-electron chi connectivity index (χ1n) is 9.18. The molecule has 0 aliphatic rings. The molecule has 1 amide bonds. The van der Waals surface area contributed by atoms with E-state index in [1.165, 1.54) is 18.4 Å². The highest BCUT2D eigenvalue weighted by atomic mass is 35.5. The third-order valence-corrected chi connectivity index (χ3v) is 5.60. The molecule has 0 fully saturated rings. The SMILES string of the molecule is CCOc1ccc2c(c1)sc(=NC(=O)c1cccc(Cl)c1)n2C(CC)C(=O)OC. The number of hydrogen-bond donors (Lipinski definition) is 0. The summed E-state index contributed by atoms with van der Waals surface area (Å²) in [4.78, 5) is 29.9. The Bertz CT molecular complexity index is 1120. The summed E-state index contributed by atoms with van der Waals surface area (Å²) in [6.07, 6.45) is 0.490. The fraction of sp³-hybridized carbons (Fsp3) is 0.286. The van der Waals surface area contributed by atoms with Gasteiger partial charge in [0.05, 0.1) is 23.9 Å². The summed E-state index contributed by atoms with van der Waals surface area (Å²) in [5.41, 5.74) is 1.16. The molecule has 1 atom stereocenters. The van der Waals surface area contributed by atoms with Crippen LogP contribution < -0.4 is 9.54 Å². The zero-order chi connectivity index (χ0) is 21.0. The number of rotatable bonds is 6. The largest absolute Gasteiger partial charge is 0.494 e. The van der Waals surface area contributed by atoms with Crippen molar-refractivity contribution in [3.63, 3.8) is 0 Å². The van der Waals surface area contributed by atoms with Crippen LogP contribution in [0.2, 0.25) is 5.02 Å². The van der Waals surface area contributed by atoms with Crippen molar-refractivity contribution >= 4 is 45.0 Å². The van der Waals surface area contributed by atoms with Gasteiger partial charge in [-0.05, 0) is 49.7 Å². The summed E-state index contributed by atoms with van der Waals surface area (Å²) in [7, 11) is 1.35. The summed E-state index contributed by atoms with van der Waals surface area (Å²) in [5.74, 6) is -0.109. The van der Waals surface area contributed by atoms with Crippen LogP contribution in [0.4, 0.5) is 0 Å². The number of nitrogens with zero attached hydrogens (tertiary/aromatic N) is 2. The molecule has 6 nitrogen and oxygen atoms in total. The van der Waals surface area contributed by atoms with Gasteiger partial charge in [0, 0.05) is 10.6 Å². The molecule has 3 rings (SSSR count). The highest BCUT2D eigenvalue weighted by molar-refractivity contribution is 7.16. The molecule has 152 valence electrons. The Morgan fingerprint density at radius 2 is 2.00 bits per heavy atom. The van der Waals surface area contributed by atoms with Gasteiger partial charge in [0.2, 0.25) is 0 Å². The van der Waals surface area contributed by atoms with Gasteiger partial charge < -0.3 is 14.0 Å². The number of fused-ring (bicyclic) bond motifs is 1. The molecule has 0 N–H and O–H groups in total. The van der Waals surface area contributed by atoms with E-state index in [4.69, 9.17) is 21.1 Å². The molecule has 0 aliphatic heterocycles. The predicted molar refractivity (Wildman–Crippen MR) is 114 cm³/mol. The number of aromatic nitrogens is 1. The Kier molecular flexibility index (Phi) is 6.71. The molecule has 0 saturated heterocycles. The molecule has 0 bridgehead atoms. The first kappa shape index (κ1) is 21.1. The van der Waals surface area contributed by atoms with Crippen LogP contribution in [0.1, 0.15) is 36.7 Å². The Morgan fingerprint density at radius 3 is 2.66 bits per heavy atom. The van der Waals surface area contributed by atoms with E-state index in [1.54, 1.807) is 28.8 Å². The number of halogens is 1. The molecule has 1 heterocycles. The lowest BCUT2D eigenvalue weighted by Gasteiger charge is -2.15. The van der Waals surface area contributed by atoms with E-state index >= 15 is 0 Å². The molecule has 0 saturated carbocycles. The van der Waals surface area contributed by atoms with Gasteiger partial charge in [0.1, 0.15) is 11.8 Å². The zero-order valence-electron chi connectivity index (χ0n) is 16.3. The van der Waals surface area contributed by atoms with Crippen molar-refractivity contribution in [2.75, 3.05) is 13.7 Å². The molecular formula is C21H21ClN2O4S. The summed E-state index contributed by atoms with van der Waals surface area (Å²) < 4.78 is 13.2. The molecule has 0 radical (unpaired) electrons. The fourth-order valence-electron chi connectivity index (χ4n) is 3.02. The van der Waals surface area contributed by atoms with Crippen molar-refractivity contribution in [2.45, 2.75) is 26.3 Å². The number of hydrogen-bond acceptors (Lipinski definition) is 5. The number of thiazole rings is 1. The maximum Gasteiger partial charge on any atom is 0.328 e. The maximum atomic E-state index is 12.7. The van der Waals surface area contributed by atoms with E-state index in [1.807, 2.05) is 32.0 Å². The molecule has 2 aromatic carbocycles. The first-order chi connectivity index (χ1) is 14.0. The summed E-state index contributed by atoms with van der Waals surface area (Å²) >= 11 is 7.31. The maximum absolute atomic E-state index is 12.7. The lowest BCUT2D eigenvalue weighted by atomic mass is 10.2. The van der Waals surface area contributed by atoms with E-state index in [9.17, 15) is 9.59 Å². The minimum Gasteiger partial charge on any atom is -0.494 e. The van der Waals surface area contributed by atoms with E-state index < -0.39 is 17.9 Å². The van der Waals surface area contributed by atoms with Crippen LogP contribution in [0, 0.1) is 0 Å². The summed E-state index contributed by atoms with van der Waals surface area (Å²) in [5, 5.41) is 0.456. The van der Waals surface area contributed by atoms with E-state index in [-0.39, 0.29) is 0 Å². The second-order valence-corrected chi connectivity index (χ2v) is 7.64. The average Bonchev–Trinajstić information content (AvgIpc) is 3.05. The van der Waals surface area contributed by atoms with E-state index in [0.717, 1.165) is 10.2 Å². The van der Waals surface area contributed by atoms with Crippen LogP contribution in [0.15, 0.2) is 47.5 Å². The number of esters is 1. The predicted octanol–water partition coefficient (Wildman–Crippen LogP) is 4.62. The second kappa shape index (κ2) is 9.24. The third kappa shape index (κ3) is 4.52. The van der Waals surface area contributed by atoms with Crippen molar-refractivity contribution in [2.24, 2.45) is 4.99 Å². The minimum absolute atomic E-state index is 0.377. The van der Waals surface area contributed by atoms with Crippen molar-refractivity contribution in [1.29, 1.82) is 0 Å². The lowest BCUT2D eigenvalue weighted by molar-refractivity contribution is -0.144. The Morgan fingerprint density at radius 1 is 1.21 bits per heavy atom. The monoisotopic (exact) mass is 432 g/mol. The smallest absolute Gasteiger partial charge is 0.328 e. The van der Waals surface area contributed by atoms with Crippen molar-refractivity contribution in [3.05, 3.63) is 57.9 Å². The highest BCUT2D eigenvalue weighted by Gasteiger charge is 2.23. The quantitative estimate of drug-likeness (QED) is 0.533. The van der Waals surface area contributed by atoms with Crippen LogP contribution >= 0.6 is 22.9 Å². The number of carbonyl (C=O) groups excluding carboxylic acids is 2. The van der Waals surface area contributed by atoms with Gasteiger partial charge in [-0.25, -0.2) is 4.79 Å². The molecule has 1 aromatic heterocycles. The normalized spacial score (nSPS) is 12.8. The van der Waals surface area contributed by atoms with E-state index in [2.05, 4.69) is 4.99 Å². The van der Waals surface area contributed by atoms with Crippen LogP contribution in [0.3, 0.4) is 0 Å². The van der Waals surface area contributed by atoms with E-state index in [0.29, 0.717) is 34.2 Å². The highest BCUT2D eigenvalue weighted by Crippen LogP contribution is 2.27. The van der Waals surface area contributed by atoms with Crippen LogP contribution in [0.5, 0.6) is 5.75 Å². The van der Waals surface area contributed by atoms with Crippen molar-refractivity contribution in [1.82, 2.24) is 4.57 Å². The molecule has 29 heavy (non-hydrogen) atoms. The van der Waals surface area contributed by atoms with Gasteiger partial charge in [0.25, 0.3) is 5.91 Å². The molecule has 8 heteroatoms. The lowest BCUT2D eigenvalue weighted by Crippen LogP contribution is -2.28. The van der Waals surface area contributed by atoms with Crippen LogP contribution in [0.25, 0.3) is 10.2 Å². The van der Waals surface area contributed by atoms with Crippen LogP contribution in [-0.4, -0.2) is 30.2 Å². The van der Waals surface area contributed by atoms with Crippen molar-refractivity contribution < 1.29 is 19.1 Å². The summed E-state index contributed by atoms with van der Waals surface area (Å²) in [6.45, 7) is 4.34. The number of ether oxygens (including phenoxy) is 2. The Balaban J connectivity index is 2.21. The number of benzene rings is 2. The molecule has 0 spiro atoms. The minimum atomic E-state index is -0.599. The van der Waals surface area contributed by atoms with Gasteiger partial charge in [-0.15, -0.1) is 0 Å². The van der Waals surface area contributed by atoms with Gasteiger partial charge in [-0.2, -0.15) is 4.99 Å². The Labute approximate surface area is 177 Å². The fourth-order valence-corrected chi connectivity index (χ4v) is 4.31. The zero-order valence-corrected chi connectivity index (χ0v) is 17.9. The van der Waals surface area contributed by atoms with Gasteiger partial charge >= 0.3 is 5.97 Å². The number of methoxy groups -OCH3 is 1. The number of amides is 1.